The van der Waals surface area contributed by atoms with Crippen molar-refractivity contribution < 1.29 is 13.5 Å². The summed E-state index contributed by atoms with van der Waals surface area (Å²) in [6, 6.07) is 3.44. The number of fused-ring (bicyclic) bond motifs is 1. The van der Waals surface area contributed by atoms with Gasteiger partial charge in [0.25, 0.3) is 0 Å². The number of nitrogens with zero attached hydrogens (tertiary/aromatic N) is 1. The molecular formula is C13H12F2N2O. The van der Waals surface area contributed by atoms with E-state index < -0.39 is 17.7 Å². The molecule has 2 aliphatic rings. The van der Waals surface area contributed by atoms with E-state index in [1.165, 1.54) is 0 Å². The second kappa shape index (κ2) is 3.66. The van der Waals surface area contributed by atoms with E-state index in [1.807, 2.05) is 6.07 Å². The summed E-state index contributed by atoms with van der Waals surface area (Å²) in [5, 5.41) is 9.01. The highest BCUT2D eigenvalue weighted by Crippen LogP contribution is 2.60. The Labute approximate surface area is 103 Å². The van der Waals surface area contributed by atoms with Gasteiger partial charge in [-0.3, -0.25) is 0 Å². The van der Waals surface area contributed by atoms with E-state index in [0.29, 0.717) is 17.9 Å². The molecule has 2 N–H and O–H groups in total. The average molecular weight is 250 g/mol. The van der Waals surface area contributed by atoms with Crippen LogP contribution in [0.2, 0.25) is 0 Å². The quantitative estimate of drug-likeness (QED) is 0.830. The van der Waals surface area contributed by atoms with E-state index in [0.717, 1.165) is 25.0 Å². The Balaban J connectivity index is 2.13. The molecule has 1 aliphatic heterocycles. The van der Waals surface area contributed by atoms with E-state index in [4.69, 9.17) is 15.7 Å². The molecule has 1 spiro atoms. The zero-order valence-electron chi connectivity index (χ0n) is 9.62. The summed E-state index contributed by atoms with van der Waals surface area (Å²) in [6.07, 6.45) is 1.82. The highest BCUT2D eigenvalue weighted by Gasteiger charge is 2.55. The summed E-state index contributed by atoms with van der Waals surface area (Å²) < 4.78 is 32.0. The van der Waals surface area contributed by atoms with Gasteiger partial charge >= 0.3 is 0 Å². The van der Waals surface area contributed by atoms with Crippen molar-refractivity contribution in [1.82, 2.24) is 0 Å². The maximum atomic E-state index is 13.4. The molecule has 1 saturated carbocycles. The second-order valence-electron chi connectivity index (χ2n) is 5.09. The summed E-state index contributed by atoms with van der Waals surface area (Å²) in [4.78, 5) is 0. The van der Waals surface area contributed by atoms with E-state index in [-0.39, 0.29) is 11.3 Å². The van der Waals surface area contributed by atoms with Crippen molar-refractivity contribution in [2.24, 2.45) is 11.1 Å². The van der Waals surface area contributed by atoms with Crippen molar-refractivity contribution in [1.29, 1.82) is 5.26 Å². The van der Waals surface area contributed by atoms with Crippen molar-refractivity contribution in [3.8, 4) is 11.8 Å². The number of hydrogen-bond donors (Lipinski definition) is 1. The fourth-order valence-corrected chi connectivity index (χ4v) is 2.82. The molecule has 5 heteroatoms. The first-order valence-electron chi connectivity index (χ1n) is 5.84. The molecule has 0 radical (unpaired) electrons. The number of rotatable bonds is 1. The van der Waals surface area contributed by atoms with Crippen LogP contribution in [-0.4, -0.2) is 12.6 Å². The Bertz CT molecular complexity index is 549. The lowest BCUT2D eigenvalue weighted by Gasteiger charge is -2.35. The molecular weight excluding hydrogens is 238 g/mol. The van der Waals surface area contributed by atoms with Crippen LogP contribution in [0.25, 0.3) is 0 Å². The zero-order chi connectivity index (χ0) is 12.9. The number of benzene rings is 1. The Morgan fingerprint density at radius 1 is 1.39 bits per heavy atom. The Hall–Kier alpha value is -1.67. The third-order valence-electron chi connectivity index (χ3n) is 3.96. The van der Waals surface area contributed by atoms with Crippen LogP contribution in [0.1, 0.15) is 24.3 Å². The summed E-state index contributed by atoms with van der Waals surface area (Å²) in [7, 11) is 0. The fourth-order valence-electron chi connectivity index (χ4n) is 2.82. The molecule has 3 nitrogen and oxygen atoms in total. The van der Waals surface area contributed by atoms with Crippen LogP contribution in [-0.2, 0) is 0 Å². The summed E-state index contributed by atoms with van der Waals surface area (Å²) in [5.74, 6) is -1.83. The largest absolute Gasteiger partial charge is 0.493 e. The van der Waals surface area contributed by atoms with Gasteiger partial charge in [0.05, 0.1) is 12.7 Å². The number of halogens is 2. The third-order valence-corrected chi connectivity index (χ3v) is 3.96. The van der Waals surface area contributed by atoms with Gasteiger partial charge in [-0.25, -0.2) is 8.78 Å². The molecule has 0 saturated heterocycles. The third kappa shape index (κ3) is 1.49. The maximum absolute atomic E-state index is 13.4. The molecule has 2 atom stereocenters. The van der Waals surface area contributed by atoms with Gasteiger partial charge in [-0.1, -0.05) is 0 Å². The predicted octanol–water partition coefficient (Wildman–Crippen LogP) is 2.07. The lowest BCUT2D eigenvalue weighted by molar-refractivity contribution is 0.168. The van der Waals surface area contributed by atoms with Gasteiger partial charge in [0, 0.05) is 23.0 Å². The minimum absolute atomic E-state index is 0.160. The van der Waals surface area contributed by atoms with Crippen LogP contribution in [0.3, 0.4) is 0 Å². The topological polar surface area (TPSA) is 59.0 Å². The van der Waals surface area contributed by atoms with E-state index in [2.05, 4.69) is 0 Å². The number of nitriles is 1. The smallest absolute Gasteiger partial charge is 0.162 e. The van der Waals surface area contributed by atoms with Gasteiger partial charge in [-0.15, -0.1) is 0 Å². The number of hydrogen-bond acceptors (Lipinski definition) is 3. The molecule has 1 aromatic carbocycles. The minimum Gasteiger partial charge on any atom is -0.493 e. The molecule has 1 heterocycles. The van der Waals surface area contributed by atoms with Crippen LogP contribution in [0.15, 0.2) is 12.1 Å². The van der Waals surface area contributed by atoms with Crippen molar-refractivity contribution >= 4 is 0 Å². The SMILES string of the molecule is N#C[C@@H](N)[C@@H]1c2cc(F)c(F)cc2OCC12CC2. The lowest BCUT2D eigenvalue weighted by atomic mass is 9.77. The standard InChI is InChI=1S/C13H12F2N2O/c14-8-3-7-11(4-9(8)15)18-6-13(1-2-13)12(7)10(17)5-16/h3-4,10,12H,1-2,6,17H2/t10-,12+/m1/s1. The van der Waals surface area contributed by atoms with Gasteiger partial charge in [-0.2, -0.15) is 5.26 Å². The summed E-state index contributed by atoms with van der Waals surface area (Å²) >= 11 is 0. The predicted molar refractivity (Wildman–Crippen MR) is 59.8 cm³/mol. The van der Waals surface area contributed by atoms with E-state index in [1.54, 1.807) is 0 Å². The first-order chi connectivity index (χ1) is 8.57. The lowest BCUT2D eigenvalue weighted by Crippen LogP contribution is -2.39. The van der Waals surface area contributed by atoms with Crippen LogP contribution in [0, 0.1) is 28.4 Å². The first-order valence-corrected chi connectivity index (χ1v) is 5.84. The molecule has 18 heavy (non-hydrogen) atoms. The van der Waals surface area contributed by atoms with Gasteiger partial charge in [-0.05, 0) is 18.9 Å². The van der Waals surface area contributed by atoms with Gasteiger partial charge in [0.2, 0.25) is 0 Å². The van der Waals surface area contributed by atoms with E-state index >= 15 is 0 Å². The molecule has 0 unspecified atom stereocenters. The molecule has 0 bridgehead atoms. The summed E-state index contributed by atoms with van der Waals surface area (Å²) in [5.41, 5.74) is 6.19. The van der Waals surface area contributed by atoms with Gasteiger partial charge in [0.1, 0.15) is 11.8 Å². The molecule has 1 fully saturated rings. The molecule has 1 aromatic rings. The van der Waals surface area contributed by atoms with E-state index in [9.17, 15) is 8.78 Å². The summed E-state index contributed by atoms with van der Waals surface area (Å²) in [6.45, 7) is 0.422. The van der Waals surface area contributed by atoms with Gasteiger partial charge < -0.3 is 10.5 Å². The number of ether oxygens (including phenoxy) is 1. The molecule has 0 amide bonds. The Morgan fingerprint density at radius 2 is 2.06 bits per heavy atom. The number of nitrogens with two attached hydrogens (primary N) is 1. The first kappa shape index (κ1) is 11.4. The maximum Gasteiger partial charge on any atom is 0.162 e. The Kier molecular flexibility index (Phi) is 2.32. The highest BCUT2D eigenvalue weighted by molar-refractivity contribution is 5.44. The van der Waals surface area contributed by atoms with Crippen molar-refractivity contribution in [2.45, 2.75) is 24.8 Å². The van der Waals surface area contributed by atoms with Crippen molar-refractivity contribution in [3.05, 3.63) is 29.3 Å². The van der Waals surface area contributed by atoms with Crippen LogP contribution in [0.4, 0.5) is 8.78 Å². The Morgan fingerprint density at radius 3 is 2.67 bits per heavy atom. The monoisotopic (exact) mass is 250 g/mol. The molecule has 94 valence electrons. The molecule has 0 aromatic heterocycles. The van der Waals surface area contributed by atoms with Crippen LogP contribution in [0.5, 0.6) is 5.75 Å². The fraction of sp³-hybridized carbons (Fsp3) is 0.462. The second-order valence-corrected chi connectivity index (χ2v) is 5.09. The minimum atomic E-state index is -0.940. The normalized spacial score (nSPS) is 24.9. The van der Waals surface area contributed by atoms with Crippen molar-refractivity contribution in [2.75, 3.05) is 6.61 Å². The van der Waals surface area contributed by atoms with Crippen molar-refractivity contribution in [3.63, 3.8) is 0 Å². The zero-order valence-corrected chi connectivity index (χ0v) is 9.62. The average Bonchev–Trinajstić information content (AvgIpc) is 3.11. The van der Waals surface area contributed by atoms with Crippen LogP contribution < -0.4 is 10.5 Å². The molecule has 3 rings (SSSR count). The van der Waals surface area contributed by atoms with Gasteiger partial charge in [0.15, 0.2) is 11.6 Å². The molecule has 1 aliphatic carbocycles. The highest BCUT2D eigenvalue weighted by atomic mass is 19.2. The van der Waals surface area contributed by atoms with Crippen LogP contribution >= 0.6 is 0 Å².